The lowest BCUT2D eigenvalue weighted by Gasteiger charge is -2.30. The highest BCUT2D eigenvalue weighted by Crippen LogP contribution is 2.39. The van der Waals surface area contributed by atoms with Gasteiger partial charge in [0.15, 0.2) is 0 Å². The Morgan fingerprint density at radius 2 is 2.00 bits per heavy atom. The number of carbonyl (C=O) groups is 1. The molecule has 1 aliphatic heterocycles. The maximum absolute atomic E-state index is 12.0. The monoisotopic (exact) mass is 210 g/mol. The van der Waals surface area contributed by atoms with Crippen molar-refractivity contribution in [3.8, 4) is 0 Å². The Kier molecular flexibility index (Phi) is 3.01. The minimum Gasteiger partial charge on any atom is -0.350 e. The molecule has 86 valence electrons. The lowest BCUT2D eigenvalue weighted by atomic mass is 9.96. The molecule has 0 radical (unpaired) electrons. The van der Waals surface area contributed by atoms with Crippen molar-refractivity contribution >= 4 is 5.91 Å². The van der Waals surface area contributed by atoms with E-state index in [1.807, 2.05) is 0 Å². The molecule has 1 atom stereocenters. The van der Waals surface area contributed by atoms with E-state index in [9.17, 15) is 4.79 Å². The van der Waals surface area contributed by atoms with Gasteiger partial charge in [0.25, 0.3) is 0 Å². The van der Waals surface area contributed by atoms with E-state index >= 15 is 0 Å². The van der Waals surface area contributed by atoms with Crippen LogP contribution in [0.4, 0.5) is 0 Å². The highest BCUT2D eigenvalue weighted by atomic mass is 16.2. The number of piperidine rings is 1. The van der Waals surface area contributed by atoms with Crippen molar-refractivity contribution in [3.63, 3.8) is 0 Å². The molecule has 3 nitrogen and oxygen atoms in total. The fraction of sp³-hybridized carbons (Fsp3) is 0.917. The van der Waals surface area contributed by atoms with Crippen molar-refractivity contribution < 1.29 is 4.79 Å². The lowest BCUT2D eigenvalue weighted by molar-refractivity contribution is -0.125. The summed E-state index contributed by atoms with van der Waals surface area (Å²) in [6.45, 7) is 5.28. The summed E-state index contributed by atoms with van der Waals surface area (Å²) in [6.07, 6.45) is 5.91. The average Bonchev–Trinajstić information content (AvgIpc) is 3.01. The molecule has 1 saturated carbocycles. The van der Waals surface area contributed by atoms with Crippen LogP contribution in [0.1, 0.15) is 46.0 Å². The summed E-state index contributed by atoms with van der Waals surface area (Å²) >= 11 is 0. The van der Waals surface area contributed by atoms with E-state index in [-0.39, 0.29) is 17.5 Å². The third-order valence-electron chi connectivity index (χ3n) is 3.67. The molecule has 2 aliphatic rings. The second-order valence-electron chi connectivity index (χ2n) is 5.49. The number of rotatable bonds is 3. The highest BCUT2D eigenvalue weighted by molar-refractivity contribution is 5.82. The molecule has 0 aromatic heterocycles. The van der Waals surface area contributed by atoms with E-state index in [1.165, 1.54) is 25.7 Å². The van der Waals surface area contributed by atoms with Gasteiger partial charge < -0.3 is 10.6 Å². The standard InChI is InChI=1S/C12H22N2O/c1-12(2,9-6-7-9)14-11(15)10-5-3-4-8-13-10/h9-10,13H,3-8H2,1-2H3,(H,14,15)/t10-/m0/s1. The molecular weight excluding hydrogens is 188 g/mol. The van der Waals surface area contributed by atoms with Crippen LogP contribution in [0, 0.1) is 5.92 Å². The third kappa shape index (κ3) is 2.71. The molecule has 2 rings (SSSR count). The molecule has 0 bridgehead atoms. The summed E-state index contributed by atoms with van der Waals surface area (Å²) in [5.41, 5.74) is -0.00376. The van der Waals surface area contributed by atoms with E-state index in [4.69, 9.17) is 0 Å². The first-order valence-corrected chi connectivity index (χ1v) is 6.15. The van der Waals surface area contributed by atoms with Crippen LogP contribution in [-0.4, -0.2) is 24.0 Å². The van der Waals surface area contributed by atoms with Crippen LogP contribution in [0.25, 0.3) is 0 Å². The first-order valence-electron chi connectivity index (χ1n) is 6.15. The number of amides is 1. The van der Waals surface area contributed by atoms with Crippen molar-refractivity contribution in [2.45, 2.75) is 57.5 Å². The van der Waals surface area contributed by atoms with Crippen LogP contribution in [-0.2, 0) is 4.79 Å². The van der Waals surface area contributed by atoms with Crippen molar-refractivity contribution in [1.82, 2.24) is 10.6 Å². The molecule has 0 aromatic carbocycles. The topological polar surface area (TPSA) is 41.1 Å². The first kappa shape index (κ1) is 10.9. The van der Waals surface area contributed by atoms with Crippen LogP contribution < -0.4 is 10.6 Å². The predicted octanol–water partition coefficient (Wildman–Crippen LogP) is 1.43. The van der Waals surface area contributed by atoms with E-state index < -0.39 is 0 Å². The quantitative estimate of drug-likeness (QED) is 0.740. The van der Waals surface area contributed by atoms with Gasteiger partial charge in [-0.1, -0.05) is 6.42 Å². The van der Waals surface area contributed by atoms with Gasteiger partial charge >= 0.3 is 0 Å². The van der Waals surface area contributed by atoms with Gasteiger partial charge in [-0.25, -0.2) is 0 Å². The van der Waals surface area contributed by atoms with Gasteiger partial charge in [0.2, 0.25) is 5.91 Å². The maximum Gasteiger partial charge on any atom is 0.237 e. The van der Waals surface area contributed by atoms with E-state index in [2.05, 4.69) is 24.5 Å². The Labute approximate surface area is 92.0 Å². The molecule has 2 fully saturated rings. The number of hydrogen-bond donors (Lipinski definition) is 2. The molecule has 15 heavy (non-hydrogen) atoms. The minimum atomic E-state index is -0.00376. The van der Waals surface area contributed by atoms with Crippen LogP contribution >= 0.6 is 0 Å². The summed E-state index contributed by atoms with van der Waals surface area (Å²) in [4.78, 5) is 12.0. The van der Waals surface area contributed by atoms with Crippen molar-refractivity contribution in [2.75, 3.05) is 6.54 Å². The number of hydrogen-bond acceptors (Lipinski definition) is 2. The van der Waals surface area contributed by atoms with Gasteiger partial charge in [-0.05, 0) is 52.0 Å². The zero-order valence-corrected chi connectivity index (χ0v) is 9.81. The molecular formula is C12H22N2O. The normalized spacial score (nSPS) is 27.5. The van der Waals surface area contributed by atoms with Crippen LogP contribution in [0.5, 0.6) is 0 Å². The molecule has 0 unspecified atom stereocenters. The maximum atomic E-state index is 12.0. The van der Waals surface area contributed by atoms with Gasteiger partial charge in [0.05, 0.1) is 6.04 Å². The fourth-order valence-corrected chi connectivity index (χ4v) is 2.39. The van der Waals surface area contributed by atoms with Gasteiger partial charge in [-0.3, -0.25) is 4.79 Å². The lowest BCUT2D eigenvalue weighted by Crippen LogP contribution is -2.54. The summed E-state index contributed by atoms with van der Waals surface area (Å²) in [6, 6.07) is 0.0526. The Morgan fingerprint density at radius 3 is 2.53 bits per heavy atom. The van der Waals surface area contributed by atoms with Crippen LogP contribution in [0.2, 0.25) is 0 Å². The SMILES string of the molecule is CC(C)(NC(=O)[C@@H]1CCCCN1)C1CC1. The van der Waals surface area contributed by atoms with Gasteiger partial charge in [-0.15, -0.1) is 0 Å². The van der Waals surface area contributed by atoms with Gasteiger partial charge in [0, 0.05) is 5.54 Å². The summed E-state index contributed by atoms with van der Waals surface area (Å²) in [5.74, 6) is 0.900. The van der Waals surface area contributed by atoms with Crippen LogP contribution in [0.3, 0.4) is 0 Å². The highest BCUT2D eigenvalue weighted by Gasteiger charge is 2.39. The Hall–Kier alpha value is -0.570. The van der Waals surface area contributed by atoms with Gasteiger partial charge in [0.1, 0.15) is 0 Å². The number of nitrogens with one attached hydrogen (secondary N) is 2. The van der Waals surface area contributed by atoms with Crippen molar-refractivity contribution in [2.24, 2.45) is 5.92 Å². The predicted molar refractivity (Wildman–Crippen MR) is 60.6 cm³/mol. The smallest absolute Gasteiger partial charge is 0.237 e. The molecule has 3 heteroatoms. The summed E-state index contributed by atoms with van der Waals surface area (Å²) < 4.78 is 0. The number of carbonyl (C=O) groups excluding carboxylic acids is 1. The molecule has 1 aliphatic carbocycles. The third-order valence-corrected chi connectivity index (χ3v) is 3.67. The van der Waals surface area contributed by atoms with E-state index in [0.29, 0.717) is 5.92 Å². The second-order valence-corrected chi connectivity index (χ2v) is 5.49. The van der Waals surface area contributed by atoms with Crippen molar-refractivity contribution in [1.29, 1.82) is 0 Å². The first-order chi connectivity index (χ1) is 7.09. The molecule has 1 saturated heterocycles. The second kappa shape index (κ2) is 4.12. The average molecular weight is 210 g/mol. The molecule has 1 amide bonds. The largest absolute Gasteiger partial charge is 0.350 e. The Balaban J connectivity index is 1.84. The van der Waals surface area contributed by atoms with E-state index in [0.717, 1.165) is 13.0 Å². The van der Waals surface area contributed by atoms with Crippen molar-refractivity contribution in [3.05, 3.63) is 0 Å². The zero-order chi connectivity index (χ0) is 10.9. The molecule has 2 N–H and O–H groups in total. The molecule has 0 spiro atoms. The Bertz CT molecular complexity index is 240. The molecule has 1 heterocycles. The summed E-state index contributed by atoms with van der Waals surface area (Å²) in [5, 5.41) is 6.48. The zero-order valence-electron chi connectivity index (χ0n) is 9.81. The van der Waals surface area contributed by atoms with E-state index in [1.54, 1.807) is 0 Å². The molecule has 0 aromatic rings. The van der Waals surface area contributed by atoms with Crippen LogP contribution in [0.15, 0.2) is 0 Å². The fourth-order valence-electron chi connectivity index (χ4n) is 2.39. The minimum absolute atomic E-state index is 0.00376. The summed E-state index contributed by atoms with van der Waals surface area (Å²) in [7, 11) is 0. The van der Waals surface area contributed by atoms with Gasteiger partial charge in [-0.2, -0.15) is 0 Å². The Morgan fingerprint density at radius 1 is 1.27 bits per heavy atom.